The van der Waals surface area contributed by atoms with Gasteiger partial charge < -0.3 is 9.52 Å². The van der Waals surface area contributed by atoms with E-state index in [9.17, 15) is 18.3 Å². The van der Waals surface area contributed by atoms with E-state index in [-0.39, 0.29) is 15.5 Å². The summed E-state index contributed by atoms with van der Waals surface area (Å²) in [5.41, 5.74) is -0.358. The maximum absolute atomic E-state index is 12.9. The van der Waals surface area contributed by atoms with Crippen molar-refractivity contribution in [1.82, 2.24) is 9.29 Å². The van der Waals surface area contributed by atoms with Gasteiger partial charge in [0.2, 0.25) is 0 Å². The number of anilines is 1. The van der Waals surface area contributed by atoms with Crippen LogP contribution in [0.2, 0.25) is 0 Å². The van der Waals surface area contributed by atoms with Crippen molar-refractivity contribution in [2.24, 2.45) is 0 Å². The molecule has 1 aliphatic heterocycles. The molecule has 4 heterocycles. The summed E-state index contributed by atoms with van der Waals surface area (Å²) in [6, 6.07) is 4.80. The van der Waals surface area contributed by atoms with Gasteiger partial charge in [0.15, 0.2) is 16.6 Å². The number of fused-ring (bicyclic) bond motifs is 1. The molecule has 3 aromatic rings. The molecule has 0 atom stereocenters. The standard InChI is InChI=1S/C16H13N3O5S3/c1-8-7-17-16(25-8)18-15(21)12-13(20)14-11(27(22,23)19(12)2)6-10(26-14)9-4-3-5-24-9/h3-7,20H,1-2H3,(H,17,18,21). The number of nitrogens with one attached hydrogen (secondary N) is 1. The SMILES string of the molecule is Cc1cnc(NC(=O)C2=C(O)c3sc(-c4ccco4)cc3S(=O)(=O)N2C)s1. The monoisotopic (exact) mass is 423 g/mol. The summed E-state index contributed by atoms with van der Waals surface area (Å²) < 4.78 is 31.8. The Hall–Kier alpha value is -2.63. The minimum Gasteiger partial charge on any atom is -0.504 e. The van der Waals surface area contributed by atoms with Crippen LogP contribution in [0.15, 0.2) is 45.7 Å². The van der Waals surface area contributed by atoms with Crippen molar-refractivity contribution in [3.63, 3.8) is 0 Å². The van der Waals surface area contributed by atoms with E-state index in [2.05, 4.69) is 10.3 Å². The molecule has 140 valence electrons. The molecule has 27 heavy (non-hydrogen) atoms. The number of likely N-dealkylation sites (N-methyl/N-ethyl adjacent to an activating group) is 1. The summed E-state index contributed by atoms with van der Waals surface area (Å²) in [5.74, 6) is -0.688. The smallest absolute Gasteiger partial charge is 0.278 e. The Bertz CT molecular complexity index is 1170. The van der Waals surface area contributed by atoms with Gasteiger partial charge in [-0.05, 0) is 25.1 Å². The highest BCUT2D eigenvalue weighted by molar-refractivity contribution is 7.89. The van der Waals surface area contributed by atoms with E-state index in [0.29, 0.717) is 15.8 Å². The molecule has 0 aromatic carbocycles. The Morgan fingerprint density at radius 1 is 1.37 bits per heavy atom. The molecule has 2 N–H and O–H groups in total. The van der Waals surface area contributed by atoms with E-state index >= 15 is 0 Å². The number of hydrogen-bond acceptors (Lipinski definition) is 8. The lowest BCUT2D eigenvalue weighted by molar-refractivity contribution is -0.113. The number of sulfonamides is 1. The van der Waals surface area contributed by atoms with Crippen LogP contribution in [0.25, 0.3) is 16.4 Å². The Morgan fingerprint density at radius 2 is 2.15 bits per heavy atom. The number of furan rings is 1. The van der Waals surface area contributed by atoms with Crippen LogP contribution in [0.3, 0.4) is 0 Å². The number of rotatable bonds is 3. The summed E-state index contributed by atoms with van der Waals surface area (Å²) >= 11 is 2.28. The summed E-state index contributed by atoms with van der Waals surface area (Å²) in [4.78, 5) is 18.1. The number of nitrogens with zero attached hydrogens (tertiary/aromatic N) is 2. The molecular formula is C16H13N3O5S3. The number of thiazole rings is 1. The number of thiophene rings is 1. The average molecular weight is 423 g/mol. The second-order valence-electron chi connectivity index (χ2n) is 5.68. The summed E-state index contributed by atoms with van der Waals surface area (Å²) in [7, 11) is -2.78. The largest absolute Gasteiger partial charge is 0.504 e. The van der Waals surface area contributed by atoms with Crippen LogP contribution in [-0.2, 0) is 14.8 Å². The number of carbonyl (C=O) groups excluding carboxylic acids is 1. The van der Waals surface area contributed by atoms with Crippen molar-refractivity contribution >= 4 is 49.5 Å². The lowest BCUT2D eigenvalue weighted by Crippen LogP contribution is -2.36. The number of aliphatic hydroxyl groups is 1. The van der Waals surface area contributed by atoms with Gasteiger partial charge in [-0.25, -0.2) is 13.4 Å². The van der Waals surface area contributed by atoms with E-state index in [1.165, 1.54) is 30.7 Å². The van der Waals surface area contributed by atoms with Gasteiger partial charge in [0.1, 0.15) is 10.7 Å². The van der Waals surface area contributed by atoms with Gasteiger partial charge in [0.25, 0.3) is 15.9 Å². The molecule has 0 radical (unpaired) electrons. The normalized spacial score (nSPS) is 15.7. The molecule has 0 bridgehead atoms. The number of amides is 1. The van der Waals surface area contributed by atoms with E-state index in [1.807, 2.05) is 6.92 Å². The van der Waals surface area contributed by atoms with Crippen molar-refractivity contribution in [2.75, 3.05) is 12.4 Å². The topological polar surface area (TPSA) is 113 Å². The average Bonchev–Trinajstić information content (AvgIpc) is 3.33. The molecule has 0 saturated heterocycles. The van der Waals surface area contributed by atoms with Crippen LogP contribution >= 0.6 is 22.7 Å². The predicted molar refractivity (Wildman–Crippen MR) is 102 cm³/mol. The maximum Gasteiger partial charge on any atom is 0.278 e. The predicted octanol–water partition coefficient (Wildman–Crippen LogP) is 3.27. The van der Waals surface area contributed by atoms with E-state index in [1.54, 1.807) is 18.3 Å². The molecule has 0 aliphatic carbocycles. The maximum atomic E-state index is 12.9. The summed E-state index contributed by atoms with van der Waals surface area (Å²) in [5, 5.41) is 13.5. The lowest BCUT2D eigenvalue weighted by Gasteiger charge is -2.26. The Kier molecular flexibility index (Phi) is 4.09. The van der Waals surface area contributed by atoms with Crippen LogP contribution in [0, 0.1) is 6.92 Å². The zero-order chi connectivity index (χ0) is 19.3. The fraction of sp³-hybridized carbons (Fsp3) is 0.125. The van der Waals surface area contributed by atoms with Crippen molar-refractivity contribution in [3.05, 3.63) is 46.1 Å². The first-order chi connectivity index (χ1) is 12.8. The highest BCUT2D eigenvalue weighted by Gasteiger charge is 2.40. The minimum absolute atomic E-state index is 0.0689. The molecule has 0 fully saturated rings. The second-order valence-corrected chi connectivity index (χ2v) is 9.91. The fourth-order valence-electron chi connectivity index (χ4n) is 2.61. The van der Waals surface area contributed by atoms with Crippen LogP contribution < -0.4 is 5.32 Å². The Balaban J connectivity index is 1.81. The van der Waals surface area contributed by atoms with Gasteiger partial charge >= 0.3 is 0 Å². The zero-order valence-electron chi connectivity index (χ0n) is 14.1. The molecule has 11 heteroatoms. The molecular weight excluding hydrogens is 410 g/mol. The fourth-order valence-corrected chi connectivity index (χ4v) is 6.06. The molecule has 1 amide bonds. The van der Waals surface area contributed by atoms with Gasteiger partial charge in [0.05, 0.1) is 16.0 Å². The van der Waals surface area contributed by atoms with Gasteiger partial charge in [-0.1, -0.05) is 0 Å². The number of aliphatic hydroxyl groups excluding tert-OH is 1. The van der Waals surface area contributed by atoms with Crippen molar-refractivity contribution in [2.45, 2.75) is 11.8 Å². The molecule has 1 aliphatic rings. The first-order valence-corrected chi connectivity index (χ1v) is 10.7. The number of aryl methyl sites for hydroxylation is 1. The highest BCUT2D eigenvalue weighted by atomic mass is 32.2. The quantitative estimate of drug-likeness (QED) is 0.669. The lowest BCUT2D eigenvalue weighted by atomic mass is 10.2. The zero-order valence-corrected chi connectivity index (χ0v) is 16.5. The summed E-state index contributed by atoms with van der Waals surface area (Å²) in [6.07, 6.45) is 3.06. The number of carbonyl (C=O) groups is 1. The first-order valence-electron chi connectivity index (χ1n) is 7.63. The van der Waals surface area contributed by atoms with Gasteiger partial charge in [-0.15, -0.1) is 22.7 Å². The summed E-state index contributed by atoms with van der Waals surface area (Å²) in [6.45, 7) is 1.83. The van der Waals surface area contributed by atoms with Gasteiger partial charge in [-0.3, -0.25) is 14.4 Å². The van der Waals surface area contributed by atoms with Crippen LogP contribution in [0.4, 0.5) is 5.13 Å². The molecule has 0 spiro atoms. The van der Waals surface area contributed by atoms with Crippen LogP contribution in [0.5, 0.6) is 0 Å². The molecule has 8 nitrogen and oxygen atoms in total. The van der Waals surface area contributed by atoms with Gasteiger partial charge in [0, 0.05) is 18.1 Å². The van der Waals surface area contributed by atoms with Crippen LogP contribution in [0.1, 0.15) is 9.75 Å². The Morgan fingerprint density at radius 3 is 2.78 bits per heavy atom. The minimum atomic E-state index is -4.00. The number of hydrogen-bond donors (Lipinski definition) is 2. The van der Waals surface area contributed by atoms with Crippen molar-refractivity contribution in [3.8, 4) is 10.6 Å². The van der Waals surface area contributed by atoms with Crippen molar-refractivity contribution < 1.29 is 22.7 Å². The highest BCUT2D eigenvalue weighted by Crippen LogP contribution is 2.43. The van der Waals surface area contributed by atoms with E-state index in [0.717, 1.165) is 20.5 Å². The first kappa shape index (κ1) is 17.8. The third kappa shape index (κ3) is 2.83. The molecule has 3 aromatic heterocycles. The van der Waals surface area contributed by atoms with E-state index in [4.69, 9.17) is 4.42 Å². The molecule has 4 rings (SSSR count). The second kappa shape index (κ2) is 6.22. The van der Waals surface area contributed by atoms with Crippen molar-refractivity contribution in [1.29, 1.82) is 0 Å². The van der Waals surface area contributed by atoms with E-state index < -0.39 is 21.7 Å². The molecule has 0 unspecified atom stereocenters. The van der Waals surface area contributed by atoms with Crippen LogP contribution in [-0.4, -0.2) is 35.8 Å². The Labute approximate surface area is 162 Å². The molecule has 0 saturated carbocycles. The third-order valence-corrected chi connectivity index (χ3v) is 7.81. The number of aromatic nitrogens is 1. The third-order valence-electron chi connectivity index (χ3n) is 3.91. The van der Waals surface area contributed by atoms with Gasteiger partial charge in [-0.2, -0.15) is 0 Å².